The molecule has 1 heterocycles. The molecule has 0 aliphatic rings. The average molecular weight is 564 g/mol. The van der Waals surface area contributed by atoms with Gasteiger partial charge in [0.05, 0.1) is 25.0 Å². The first-order valence-corrected chi connectivity index (χ1v) is 12.1. The van der Waals surface area contributed by atoms with Gasteiger partial charge in [0.25, 0.3) is 11.8 Å². The zero-order valence-corrected chi connectivity index (χ0v) is 22.2. The fourth-order valence-electron chi connectivity index (χ4n) is 3.77. The van der Waals surface area contributed by atoms with Crippen LogP contribution in [0.2, 0.25) is 0 Å². The summed E-state index contributed by atoms with van der Waals surface area (Å²) in [5, 5.41) is 13.1. The molecule has 8 nitrogen and oxygen atoms in total. The molecule has 0 bridgehead atoms. The third-order valence-electron chi connectivity index (χ3n) is 6.16. The summed E-state index contributed by atoms with van der Waals surface area (Å²) in [4.78, 5) is 27.9. The van der Waals surface area contributed by atoms with E-state index < -0.39 is 48.3 Å². The summed E-state index contributed by atoms with van der Waals surface area (Å²) >= 11 is 0. The smallest absolute Gasteiger partial charge is 0.424 e. The molecule has 40 heavy (non-hydrogen) atoms. The van der Waals surface area contributed by atoms with Crippen molar-refractivity contribution in [2.45, 2.75) is 38.5 Å². The van der Waals surface area contributed by atoms with Gasteiger partial charge in [-0.2, -0.15) is 13.2 Å². The highest BCUT2D eigenvalue weighted by Crippen LogP contribution is 2.40. The first kappa shape index (κ1) is 30.4. The predicted molar refractivity (Wildman–Crippen MR) is 138 cm³/mol. The molecule has 0 saturated heterocycles. The average Bonchev–Trinajstić information content (AvgIpc) is 2.90. The van der Waals surface area contributed by atoms with E-state index in [1.54, 1.807) is 19.9 Å². The second kappa shape index (κ2) is 11.9. The number of aliphatic hydroxyl groups is 1. The lowest BCUT2D eigenvalue weighted by atomic mass is 9.92. The quantitative estimate of drug-likeness (QED) is 0.315. The molecule has 0 aliphatic heterocycles. The SMILES string of the molecule is COc1cc(C(=O)NCC(O)(c2cc(C(C)C)cc(-c3ccc(F)c(C)c3)n2)C(F)(F)F)ccc1OCC(N)=O. The molecule has 1 aromatic heterocycles. The lowest BCUT2D eigenvalue weighted by Gasteiger charge is -2.31. The Bertz CT molecular complexity index is 1410. The first-order chi connectivity index (χ1) is 18.7. The second-order valence-corrected chi connectivity index (χ2v) is 9.45. The van der Waals surface area contributed by atoms with Crippen LogP contribution in [-0.4, -0.2) is 48.3 Å². The van der Waals surface area contributed by atoms with Crippen LogP contribution in [-0.2, 0) is 10.4 Å². The lowest BCUT2D eigenvalue weighted by molar-refractivity contribution is -0.265. The van der Waals surface area contributed by atoms with Crippen LogP contribution in [0.25, 0.3) is 11.3 Å². The Labute approximate surface area is 228 Å². The number of nitrogens with one attached hydrogen (secondary N) is 1. The largest absolute Gasteiger partial charge is 0.493 e. The first-order valence-electron chi connectivity index (χ1n) is 12.1. The standard InChI is InChI=1S/C28H29F4N3O5/c1-15(2)19-10-21(17-5-7-20(29)16(3)9-17)35-24(12-19)27(38,28(30,31)32)14-34-26(37)18-6-8-22(23(11-18)39-4)40-13-25(33)36/h5-12,15,38H,13-14H2,1-4H3,(H2,33,36)(H,34,37). The van der Waals surface area contributed by atoms with Crippen molar-refractivity contribution in [2.75, 3.05) is 20.3 Å². The van der Waals surface area contributed by atoms with Gasteiger partial charge in [-0.25, -0.2) is 9.37 Å². The number of amides is 2. The molecule has 3 aromatic rings. The number of alkyl halides is 3. The third kappa shape index (κ3) is 6.68. The monoisotopic (exact) mass is 563 g/mol. The maximum Gasteiger partial charge on any atom is 0.424 e. The summed E-state index contributed by atoms with van der Waals surface area (Å²) in [7, 11) is 1.27. The highest BCUT2D eigenvalue weighted by atomic mass is 19.4. The Balaban J connectivity index is 1.97. The molecule has 0 radical (unpaired) electrons. The maximum atomic E-state index is 14.4. The Morgan fingerprint density at radius 1 is 1.07 bits per heavy atom. The third-order valence-corrected chi connectivity index (χ3v) is 6.16. The minimum Gasteiger partial charge on any atom is -0.493 e. The van der Waals surface area contributed by atoms with Gasteiger partial charge in [-0.3, -0.25) is 9.59 Å². The number of pyridine rings is 1. The van der Waals surface area contributed by atoms with Gasteiger partial charge in [0.15, 0.2) is 18.1 Å². The number of methoxy groups -OCH3 is 1. The Hall–Kier alpha value is -4.19. The summed E-state index contributed by atoms with van der Waals surface area (Å²) in [5.74, 6) is -2.30. The van der Waals surface area contributed by atoms with Crippen molar-refractivity contribution in [1.29, 1.82) is 0 Å². The van der Waals surface area contributed by atoms with E-state index in [0.29, 0.717) is 11.1 Å². The molecule has 1 atom stereocenters. The molecule has 0 saturated carbocycles. The van der Waals surface area contributed by atoms with Crippen molar-refractivity contribution in [1.82, 2.24) is 10.3 Å². The number of hydrogen-bond acceptors (Lipinski definition) is 6. The van der Waals surface area contributed by atoms with Crippen LogP contribution in [0.1, 0.15) is 46.9 Å². The highest BCUT2D eigenvalue weighted by molar-refractivity contribution is 5.95. The number of hydrogen-bond donors (Lipinski definition) is 3. The molecule has 1 unspecified atom stereocenters. The molecule has 3 rings (SSSR count). The molecule has 2 aromatic carbocycles. The predicted octanol–water partition coefficient (Wildman–Crippen LogP) is 4.37. The van der Waals surface area contributed by atoms with Gasteiger partial charge in [0.1, 0.15) is 5.82 Å². The Kier molecular flexibility index (Phi) is 9.03. The number of aryl methyl sites for hydroxylation is 1. The molecule has 0 spiro atoms. The summed E-state index contributed by atoms with van der Waals surface area (Å²) in [5.41, 5.74) is 1.86. The van der Waals surface area contributed by atoms with Crippen molar-refractivity contribution in [3.05, 3.63) is 76.7 Å². The number of ether oxygens (including phenoxy) is 2. The van der Waals surface area contributed by atoms with Crippen molar-refractivity contribution in [2.24, 2.45) is 5.73 Å². The Morgan fingerprint density at radius 2 is 1.77 bits per heavy atom. The van der Waals surface area contributed by atoms with E-state index >= 15 is 0 Å². The van der Waals surface area contributed by atoms with Gasteiger partial charge < -0.3 is 25.6 Å². The summed E-state index contributed by atoms with van der Waals surface area (Å²) in [6.07, 6.45) is -5.23. The van der Waals surface area contributed by atoms with Crippen LogP contribution in [0.3, 0.4) is 0 Å². The molecule has 214 valence electrons. The molecule has 0 fully saturated rings. The van der Waals surface area contributed by atoms with E-state index in [2.05, 4.69) is 10.3 Å². The summed E-state index contributed by atoms with van der Waals surface area (Å²) < 4.78 is 67.3. The number of nitrogens with two attached hydrogens (primary N) is 1. The summed E-state index contributed by atoms with van der Waals surface area (Å²) in [6.45, 7) is 3.32. The van der Waals surface area contributed by atoms with Crippen molar-refractivity contribution >= 4 is 11.8 Å². The molecular formula is C28H29F4N3O5. The summed E-state index contributed by atoms with van der Waals surface area (Å²) in [6, 6.07) is 10.5. The van der Waals surface area contributed by atoms with Gasteiger partial charge in [0, 0.05) is 11.1 Å². The highest BCUT2D eigenvalue weighted by Gasteiger charge is 2.56. The maximum absolute atomic E-state index is 14.4. The number of benzene rings is 2. The van der Waals surface area contributed by atoms with Gasteiger partial charge in [-0.05, 0) is 72.5 Å². The van der Waals surface area contributed by atoms with E-state index in [1.807, 2.05) is 0 Å². The van der Waals surface area contributed by atoms with Crippen LogP contribution in [0.4, 0.5) is 17.6 Å². The van der Waals surface area contributed by atoms with Gasteiger partial charge in [-0.1, -0.05) is 13.8 Å². The number of nitrogens with zero attached hydrogens (tertiary/aromatic N) is 1. The minimum absolute atomic E-state index is 0.0329. The van der Waals surface area contributed by atoms with Gasteiger partial charge in [-0.15, -0.1) is 0 Å². The van der Waals surface area contributed by atoms with E-state index in [9.17, 15) is 32.3 Å². The van der Waals surface area contributed by atoms with Crippen molar-refractivity contribution in [3.8, 4) is 22.8 Å². The van der Waals surface area contributed by atoms with Crippen LogP contribution in [0.15, 0.2) is 48.5 Å². The van der Waals surface area contributed by atoms with Crippen LogP contribution in [0.5, 0.6) is 11.5 Å². The Morgan fingerprint density at radius 3 is 2.35 bits per heavy atom. The second-order valence-electron chi connectivity index (χ2n) is 9.45. The minimum atomic E-state index is -5.23. The number of carbonyl (C=O) groups is 2. The molecule has 4 N–H and O–H groups in total. The number of rotatable bonds is 10. The van der Waals surface area contributed by atoms with Crippen LogP contribution in [0, 0.1) is 12.7 Å². The fraction of sp³-hybridized carbons (Fsp3) is 0.321. The van der Waals surface area contributed by atoms with E-state index in [-0.39, 0.29) is 34.2 Å². The van der Waals surface area contributed by atoms with Gasteiger partial charge >= 0.3 is 6.18 Å². The zero-order chi connectivity index (χ0) is 29.8. The van der Waals surface area contributed by atoms with E-state index in [1.165, 1.54) is 50.4 Å². The van der Waals surface area contributed by atoms with Crippen LogP contribution < -0.4 is 20.5 Å². The number of halogens is 4. The van der Waals surface area contributed by atoms with E-state index in [4.69, 9.17) is 15.2 Å². The van der Waals surface area contributed by atoms with Crippen LogP contribution >= 0.6 is 0 Å². The van der Waals surface area contributed by atoms with Crippen molar-refractivity contribution in [3.63, 3.8) is 0 Å². The number of primary amides is 1. The zero-order valence-electron chi connectivity index (χ0n) is 22.2. The van der Waals surface area contributed by atoms with Gasteiger partial charge in [0.2, 0.25) is 5.60 Å². The topological polar surface area (TPSA) is 124 Å². The normalized spacial score (nSPS) is 13.1. The fourth-order valence-corrected chi connectivity index (χ4v) is 3.77. The lowest BCUT2D eigenvalue weighted by Crippen LogP contribution is -2.51. The van der Waals surface area contributed by atoms with E-state index in [0.717, 1.165) is 6.07 Å². The number of carbonyl (C=O) groups excluding carboxylic acids is 2. The molecule has 2 amide bonds. The number of aromatic nitrogens is 1. The van der Waals surface area contributed by atoms with Crippen molar-refractivity contribution < 1.29 is 41.7 Å². The molecule has 0 aliphatic carbocycles. The molecule has 12 heteroatoms. The molecular weight excluding hydrogens is 534 g/mol.